The molecule has 134 valence electrons. The number of hydrogen-bond donors (Lipinski definition) is 3. The number of benzene rings is 2. The lowest BCUT2D eigenvalue weighted by Gasteiger charge is -2.05. The predicted molar refractivity (Wildman–Crippen MR) is 95.4 cm³/mol. The number of carbonyl (C=O) groups is 3. The van der Waals surface area contributed by atoms with Crippen LogP contribution < -0.4 is 15.5 Å². The van der Waals surface area contributed by atoms with Gasteiger partial charge in [0.25, 0.3) is 0 Å². The van der Waals surface area contributed by atoms with Crippen LogP contribution in [0.3, 0.4) is 0 Å². The van der Waals surface area contributed by atoms with Gasteiger partial charge < -0.3 is 15.2 Å². The van der Waals surface area contributed by atoms with Crippen molar-refractivity contribution in [3.8, 4) is 5.75 Å². The molecule has 0 aliphatic rings. The van der Waals surface area contributed by atoms with Crippen LogP contribution in [0.2, 0.25) is 5.02 Å². The Morgan fingerprint density at radius 2 is 1.77 bits per heavy atom. The minimum absolute atomic E-state index is 0.308. The van der Waals surface area contributed by atoms with Crippen LogP contribution in [0, 0.1) is 0 Å². The van der Waals surface area contributed by atoms with Crippen LogP contribution in [0.1, 0.15) is 5.56 Å². The highest BCUT2D eigenvalue weighted by Crippen LogP contribution is 2.20. The fraction of sp³-hybridized carbons (Fsp3) is 0.0588. The highest BCUT2D eigenvalue weighted by atomic mass is 35.5. The molecular weight excluding hydrogens is 362 g/mol. The van der Waals surface area contributed by atoms with E-state index < -0.39 is 24.4 Å². The van der Waals surface area contributed by atoms with Crippen molar-refractivity contribution < 1.29 is 24.2 Å². The Kier molecular flexibility index (Phi) is 6.69. The van der Waals surface area contributed by atoms with Crippen molar-refractivity contribution in [1.29, 1.82) is 0 Å². The maximum absolute atomic E-state index is 11.8. The zero-order chi connectivity index (χ0) is 18.9. The third-order valence-electron chi connectivity index (χ3n) is 2.95. The van der Waals surface area contributed by atoms with Crippen molar-refractivity contribution in [2.24, 2.45) is 5.10 Å². The summed E-state index contributed by atoms with van der Waals surface area (Å²) in [7, 11) is 0. The quantitative estimate of drug-likeness (QED) is 0.405. The minimum atomic E-state index is -1.08. The van der Waals surface area contributed by atoms with Gasteiger partial charge in [0.05, 0.1) is 16.9 Å². The second-order valence-electron chi connectivity index (χ2n) is 4.88. The summed E-state index contributed by atoms with van der Waals surface area (Å²) in [5.74, 6) is -2.56. The molecule has 0 heterocycles. The van der Waals surface area contributed by atoms with Gasteiger partial charge >= 0.3 is 17.8 Å². The van der Waals surface area contributed by atoms with E-state index in [1.807, 2.05) is 0 Å². The average molecular weight is 376 g/mol. The molecular formula is C17H14ClN3O5. The maximum Gasteiger partial charge on any atom is 0.341 e. The van der Waals surface area contributed by atoms with E-state index in [1.165, 1.54) is 6.21 Å². The lowest BCUT2D eigenvalue weighted by Crippen LogP contribution is -2.32. The van der Waals surface area contributed by atoms with Crippen LogP contribution in [0.4, 0.5) is 5.69 Å². The van der Waals surface area contributed by atoms with E-state index in [9.17, 15) is 14.4 Å². The van der Waals surface area contributed by atoms with E-state index in [2.05, 4.69) is 15.8 Å². The summed E-state index contributed by atoms with van der Waals surface area (Å²) >= 11 is 5.89. The molecule has 0 unspecified atom stereocenters. The van der Waals surface area contributed by atoms with E-state index in [0.29, 0.717) is 22.0 Å². The van der Waals surface area contributed by atoms with Crippen LogP contribution >= 0.6 is 11.6 Å². The zero-order valence-electron chi connectivity index (χ0n) is 13.3. The molecule has 8 nitrogen and oxygen atoms in total. The Hall–Kier alpha value is -3.39. The highest BCUT2D eigenvalue weighted by molar-refractivity contribution is 6.41. The first-order valence-electron chi connectivity index (χ1n) is 7.29. The van der Waals surface area contributed by atoms with Gasteiger partial charge in [-0.15, -0.1) is 0 Å². The molecule has 0 fully saturated rings. The number of halogens is 1. The number of amides is 2. The number of hydrogen-bond acceptors (Lipinski definition) is 5. The summed E-state index contributed by atoms with van der Waals surface area (Å²) in [5.41, 5.74) is 3.02. The number of rotatable bonds is 6. The van der Waals surface area contributed by atoms with Gasteiger partial charge in [0.15, 0.2) is 6.61 Å². The minimum Gasteiger partial charge on any atom is -0.482 e. The van der Waals surface area contributed by atoms with Gasteiger partial charge in [-0.25, -0.2) is 10.2 Å². The van der Waals surface area contributed by atoms with Crippen molar-refractivity contribution in [1.82, 2.24) is 5.43 Å². The van der Waals surface area contributed by atoms with Gasteiger partial charge in [-0.2, -0.15) is 5.10 Å². The smallest absolute Gasteiger partial charge is 0.341 e. The third-order valence-corrected chi connectivity index (χ3v) is 3.28. The van der Waals surface area contributed by atoms with E-state index in [-0.39, 0.29) is 0 Å². The van der Waals surface area contributed by atoms with Crippen LogP contribution in [0.25, 0.3) is 0 Å². The first-order valence-corrected chi connectivity index (χ1v) is 7.67. The number of carbonyl (C=O) groups excluding carboxylic acids is 2. The van der Waals surface area contributed by atoms with E-state index >= 15 is 0 Å². The van der Waals surface area contributed by atoms with Gasteiger partial charge in [-0.05, 0) is 42.0 Å². The van der Waals surface area contributed by atoms with Gasteiger partial charge in [0, 0.05) is 0 Å². The van der Waals surface area contributed by atoms with E-state index in [0.717, 1.165) is 0 Å². The lowest BCUT2D eigenvalue weighted by molar-refractivity contribution is -0.139. The summed E-state index contributed by atoms with van der Waals surface area (Å²) < 4.78 is 4.99. The number of hydrazone groups is 1. The highest BCUT2D eigenvalue weighted by Gasteiger charge is 2.14. The normalized spacial score (nSPS) is 10.3. The Labute approximate surface area is 153 Å². The maximum atomic E-state index is 11.8. The molecule has 0 saturated heterocycles. The molecule has 2 amide bonds. The van der Waals surface area contributed by atoms with E-state index in [1.54, 1.807) is 48.5 Å². The number of ether oxygens (including phenoxy) is 1. The van der Waals surface area contributed by atoms with E-state index in [4.69, 9.17) is 21.4 Å². The van der Waals surface area contributed by atoms with Gasteiger partial charge in [0.2, 0.25) is 0 Å². The van der Waals surface area contributed by atoms with Crippen molar-refractivity contribution in [3.05, 3.63) is 59.1 Å². The second-order valence-corrected chi connectivity index (χ2v) is 5.29. The standard InChI is InChI=1S/C17H14ClN3O5/c18-13-3-1-2-4-14(13)20-16(24)17(25)21-19-9-11-5-7-12(8-6-11)26-10-15(22)23/h1-9H,10H2,(H,20,24)(H,21,25)(H,22,23)/b19-9-. The second kappa shape index (κ2) is 9.19. The number of carboxylic acids is 1. The molecule has 2 aromatic carbocycles. The summed E-state index contributed by atoms with van der Waals surface area (Å²) in [6, 6.07) is 12.8. The molecule has 0 spiro atoms. The van der Waals surface area contributed by atoms with Crippen molar-refractivity contribution in [2.45, 2.75) is 0 Å². The number of anilines is 1. The monoisotopic (exact) mass is 375 g/mol. The molecule has 2 aromatic rings. The molecule has 0 bridgehead atoms. The molecule has 0 saturated carbocycles. The topological polar surface area (TPSA) is 117 Å². The molecule has 3 N–H and O–H groups in total. The van der Waals surface area contributed by atoms with Crippen LogP contribution in [-0.2, 0) is 14.4 Å². The Morgan fingerprint density at radius 3 is 2.42 bits per heavy atom. The Balaban J connectivity index is 1.85. The molecule has 0 atom stereocenters. The number of carboxylic acid groups (broad SMARTS) is 1. The summed E-state index contributed by atoms with van der Waals surface area (Å²) in [6.45, 7) is -0.440. The Morgan fingerprint density at radius 1 is 1.08 bits per heavy atom. The van der Waals surface area contributed by atoms with Crippen molar-refractivity contribution in [3.63, 3.8) is 0 Å². The fourth-order valence-corrected chi connectivity index (χ4v) is 1.94. The predicted octanol–water partition coefficient (Wildman–Crippen LogP) is 1.89. The van der Waals surface area contributed by atoms with Crippen LogP contribution in [0.15, 0.2) is 53.6 Å². The average Bonchev–Trinajstić information content (AvgIpc) is 2.62. The molecule has 0 aliphatic heterocycles. The Bertz CT molecular complexity index is 837. The van der Waals surface area contributed by atoms with Crippen molar-refractivity contribution >= 4 is 41.3 Å². The number of nitrogens with zero attached hydrogens (tertiary/aromatic N) is 1. The largest absolute Gasteiger partial charge is 0.482 e. The van der Waals surface area contributed by atoms with Crippen LogP contribution in [0.5, 0.6) is 5.75 Å². The summed E-state index contributed by atoms with van der Waals surface area (Å²) in [5, 5.41) is 14.9. The first-order chi connectivity index (χ1) is 12.5. The van der Waals surface area contributed by atoms with Crippen LogP contribution in [-0.4, -0.2) is 35.7 Å². The van der Waals surface area contributed by atoms with Gasteiger partial charge in [-0.1, -0.05) is 23.7 Å². The third kappa shape index (κ3) is 5.91. The number of para-hydroxylation sites is 1. The molecule has 0 radical (unpaired) electrons. The molecule has 9 heteroatoms. The number of aliphatic carboxylic acids is 1. The molecule has 2 rings (SSSR count). The SMILES string of the molecule is O=C(O)COc1ccc(/C=N\NC(=O)C(=O)Nc2ccccc2Cl)cc1. The van der Waals surface area contributed by atoms with Gasteiger partial charge in [0.1, 0.15) is 5.75 Å². The number of nitrogens with one attached hydrogen (secondary N) is 2. The molecule has 0 aromatic heterocycles. The lowest BCUT2D eigenvalue weighted by atomic mass is 10.2. The summed E-state index contributed by atoms with van der Waals surface area (Å²) in [4.78, 5) is 33.9. The zero-order valence-corrected chi connectivity index (χ0v) is 14.1. The first kappa shape index (κ1) is 18.9. The fourth-order valence-electron chi connectivity index (χ4n) is 1.75. The molecule has 26 heavy (non-hydrogen) atoms. The summed E-state index contributed by atoms with van der Waals surface area (Å²) in [6.07, 6.45) is 1.32. The van der Waals surface area contributed by atoms with Crippen molar-refractivity contribution in [2.75, 3.05) is 11.9 Å². The van der Waals surface area contributed by atoms with Gasteiger partial charge in [-0.3, -0.25) is 9.59 Å². The molecule has 0 aliphatic carbocycles.